The Morgan fingerprint density at radius 3 is 2.67 bits per heavy atom. The van der Waals surface area contributed by atoms with Gasteiger partial charge >= 0.3 is 5.97 Å². The van der Waals surface area contributed by atoms with E-state index in [2.05, 4.69) is 0 Å². The summed E-state index contributed by atoms with van der Waals surface area (Å²) in [5.74, 6) is -0.288. The maximum Gasteiger partial charge on any atom is 0.303 e. The Bertz CT molecular complexity index is 414. The number of carbonyl (C=O) groups is 1. The molecule has 2 unspecified atom stereocenters. The molecule has 0 bridgehead atoms. The third-order valence-corrected chi connectivity index (χ3v) is 2.89. The van der Waals surface area contributed by atoms with Crippen molar-refractivity contribution in [2.24, 2.45) is 5.92 Å². The molecule has 4 heteroatoms. The van der Waals surface area contributed by atoms with Crippen LogP contribution in [0, 0.1) is 12.8 Å². The van der Waals surface area contributed by atoms with Gasteiger partial charge in [0.25, 0.3) is 0 Å². The van der Waals surface area contributed by atoms with E-state index in [1.165, 1.54) is 0 Å². The second-order valence-corrected chi connectivity index (χ2v) is 4.70. The highest BCUT2D eigenvalue weighted by atomic mass is 16.5. The first-order valence-corrected chi connectivity index (χ1v) is 5.98. The highest BCUT2D eigenvalue weighted by Gasteiger charge is 2.18. The van der Waals surface area contributed by atoms with Crippen LogP contribution in [0.1, 0.15) is 37.0 Å². The number of hydrogen-bond acceptors (Lipinski definition) is 3. The van der Waals surface area contributed by atoms with E-state index in [0.717, 1.165) is 11.1 Å². The molecule has 0 amide bonds. The van der Waals surface area contributed by atoms with Crippen molar-refractivity contribution in [1.29, 1.82) is 0 Å². The third-order valence-electron chi connectivity index (χ3n) is 2.89. The van der Waals surface area contributed by atoms with E-state index < -0.39 is 12.1 Å². The molecule has 2 atom stereocenters. The second kappa shape index (κ2) is 6.40. The number of methoxy groups -OCH3 is 1. The summed E-state index contributed by atoms with van der Waals surface area (Å²) < 4.78 is 5.21. The van der Waals surface area contributed by atoms with Gasteiger partial charge in [0.1, 0.15) is 5.75 Å². The van der Waals surface area contributed by atoms with Crippen molar-refractivity contribution < 1.29 is 19.7 Å². The molecule has 18 heavy (non-hydrogen) atoms. The molecule has 0 aliphatic heterocycles. The van der Waals surface area contributed by atoms with Crippen LogP contribution in [0.4, 0.5) is 0 Å². The minimum Gasteiger partial charge on any atom is -0.496 e. The molecule has 0 radical (unpaired) electrons. The van der Waals surface area contributed by atoms with Crippen LogP contribution in [0.3, 0.4) is 0 Å². The van der Waals surface area contributed by atoms with E-state index in [1.54, 1.807) is 7.11 Å². The zero-order chi connectivity index (χ0) is 13.7. The van der Waals surface area contributed by atoms with Gasteiger partial charge in [0.2, 0.25) is 0 Å². The number of rotatable bonds is 6. The Morgan fingerprint density at radius 2 is 2.11 bits per heavy atom. The average molecular weight is 252 g/mol. The monoisotopic (exact) mass is 252 g/mol. The smallest absolute Gasteiger partial charge is 0.303 e. The fourth-order valence-electron chi connectivity index (χ4n) is 2.00. The molecule has 1 aromatic rings. The molecule has 0 saturated heterocycles. The number of aliphatic hydroxyl groups excluding tert-OH is 1. The van der Waals surface area contributed by atoms with Crippen molar-refractivity contribution in [2.45, 2.75) is 32.8 Å². The number of aryl methyl sites for hydroxylation is 1. The molecule has 2 N–H and O–H groups in total. The summed E-state index contributed by atoms with van der Waals surface area (Å²) in [5.41, 5.74) is 1.76. The fraction of sp³-hybridized carbons (Fsp3) is 0.500. The van der Waals surface area contributed by atoms with E-state index in [1.807, 2.05) is 32.0 Å². The third kappa shape index (κ3) is 4.04. The highest BCUT2D eigenvalue weighted by molar-refractivity contribution is 5.66. The standard InChI is InChI=1S/C14H20O4/c1-9-4-5-13(18-3)11(6-9)12(15)7-10(2)8-14(16)17/h4-6,10,12,15H,7-8H2,1-3H3,(H,16,17). The van der Waals surface area contributed by atoms with Gasteiger partial charge in [0.15, 0.2) is 0 Å². The molecule has 0 saturated carbocycles. The SMILES string of the molecule is COc1ccc(C)cc1C(O)CC(C)CC(=O)O. The Hall–Kier alpha value is -1.55. The van der Waals surface area contributed by atoms with Crippen LogP contribution < -0.4 is 4.74 Å². The predicted molar refractivity (Wildman–Crippen MR) is 68.7 cm³/mol. The van der Waals surface area contributed by atoms with Gasteiger partial charge in [-0.2, -0.15) is 0 Å². The number of benzene rings is 1. The first kappa shape index (κ1) is 14.5. The Labute approximate surface area is 107 Å². The van der Waals surface area contributed by atoms with Crippen LogP contribution in [-0.4, -0.2) is 23.3 Å². The van der Waals surface area contributed by atoms with Crippen molar-refractivity contribution in [1.82, 2.24) is 0 Å². The summed E-state index contributed by atoms with van der Waals surface area (Å²) in [5, 5.41) is 18.9. The van der Waals surface area contributed by atoms with Gasteiger partial charge in [-0.3, -0.25) is 4.79 Å². The lowest BCUT2D eigenvalue weighted by molar-refractivity contribution is -0.138. The topological polar surface area (TPSA) is 66.8 Å². The maximum atomic E-state index is 10.6. The van der Waals surface area contributed by atoms with Gasteiger partial charge in [-0.05, 0) is 31.4 Å². The summed E-state index contributed by atoms with van der Waals surface area (Å²) in [6.45, 7) is 3.76. The normalized spacial score (nSPS) is 14.0. The highest BCUT2D eigenvalue weighted by Crippen LogP contribution is 2.30. The summed E-state index contributed by atoms with van der Waals surface area (Å²) in [6.07, 6.45) is -0.230. The zero-order valence-corrected chi connectivity index (χ0v) is 11.0. The van der Waals surface area contributed by atoms with E-state index in [4.69, 9.17) is 9.84 Å². The fourth-order valence-corrected chi connectivity index (χ4v) is 2.00. The number of aliphatic hydroxyl groups is 1. The van der Waals surface area contributed by atoms with Crippen LogP contribution in [0.15, 0.2) is 18.2 Å². The predicted octanol–water partition coefficient (Wildman–Crippen LogP) is 2.54. The van der Waals surface area contributed by atoms with Crippen molar-refractivity contribution in [2.75, 3.05) is 7.11 Å². The molecular weight excluding hydrogens is 232 g/mol. The summed E-state index contributed by atoms with van der Waals surface area (Å²) in [7, 11) is 1.56. The van der Waals surface area contributed by atoms with Gasteiger partial charge in [0.05, 0.1) is 13.2 Å². The zero-order valence-electron chi connectivity index (χ0n) is 11.0. The molecule has 0 heterocycles. The molecule has 0 spiro atoms. The van der Waals surface area contributed by atoms with Gasteiger partial charge < -0.3 is 14.9 Å². The van der Waals surface area contributed by atoms with Crippen molar-refractivity contribution >= 4 is 5.97 Å². The molecular formula is C14H20O4. The molecule has 0 aliphatic rings. The second-order valence-electron chi connectivity index (χ2n) is 4.70. The lowest BCUT2D eigenvalue weighted by atomic mass is 9.94. The van der Waals surface area contributed by atoms with Crippen LogP contribution in [0.5, 0.6) is 5.75 Å². The number of carboxylic acid groups (broad SMARTS) is 1. The summed E-state index contributed by atoms with van der Waals surface area (Å²) in [6, 6.07) is 5.60. The lowest BCUT2D eigenvalue weighted by Gasteiger charge is -2.18. The van der Waals surface area contributed by atoms with E-state index in [9.17, 15) is 9.90 Å². The Kier molecular flexibility index (Phi) is 5.16. The minimum absolute atomic E-state index is 0.0607. The summed E-state index contributed by atoms with van der Waals surface area (Å²) in [4.78, 5) is 10.6. The van der Waals surface area contributed by atoms with Gasteiger partial charge in [-0.1, -0.05) is 18.6 Å². The molecule has 0 aliphatic carbocycles. The van der Waals surface area contributed by atoms with Gasteiger partial charge in [-0.15, -0.1) is 0 Å². The molecule has 0 aromatic heterocycles. The van der Waals surface area contributed by atoms with Gasteiger partial charge in [0, 0.05) is 12.0 Å². The molecule has 1 aromatic carbocycles. The quantitative estimate of drug-likeness (QED) is 0.816. The first-order valence-electron chi connectivity index (χ1n) is 5.98. The largest absolute Gasteiger partial charge is 0.496 e. The lowest BCUT2D eigenvalue weighted by Crippen LogP contribution is -2.10. The number of carboxylic acids is 1. The first-order chi connectivity index (χ1) is 8.43. The molecule has 100 valence electrons. The Balaban J connectivity index is 2.79. The Morgan fingerprint density at radius 1 is 1.44 bits per heavy atom. The van der Waals surface area contributed by atoms with E-state index in [0.29, 0.717) is 12.2 Å². The number of aliphatic carboxylic acids is 1. The maximum absolute atomic E-state index is 10.6. The van der Waals surface area contributed by atoms with E-state index in [-0.39, 0.29) is 12.3 Å². The molecule has 0 fully saturated rings. The number of ether oxygens (including phenoxy) is 1. The van der Waals surface area contributed by atoms with Crippen LogP contribution in [0.25, 0.3) is 0 Å². The van der Waals surface area contributed by atoms with Crippen molar-refractivity contribution in [3.63, 3.8) is 0 Å². The average Bonchev–Trinajstić information content (AvgIpc) is 2.27. The van der Waals surface area contributed by atoms with Gasteiger partial charge in [-0.25, -0.2) is 0 Å². The summed E-state index contributed by atoms with van der Waals surface area (Å²) >= 11 is 0. The molecule has 4 nitrogen and oxygen atoms in total. The van der Waals surface area contributed by atoms with Crippen molar-refractivity contribution in [3.8, 4) is 5.75 Å². The minimum atomic E-state index is -0.842. The molecule has 1 rings (SSSR count). The van der Waals surface area contributed by atoms with E-state index >= 15 is 0 Å². The van der Waals surface area contributed by atoms with Crippen LogP contribution in [0.2, 0.25) is 0 Å². The number of hydrogen-bond donors (Lipinski definition) is 2. The van der Waals surface area contributed by atoms with Crippen molar-refractivity contribution in [3.05, 3.63) is 29.3 Å². The van der Waals surface area contributed by atoms with Crippen LogP contribution in [-0.2, 0) is 4.79 Å². The van der Waals surface area contributed by atoms with Crippen LogP contribution >= 0.6 is 0 Å².